The number of rotatable bonds is 2. The Bertz CT molecular complexity index is 646. The van der Waals surface area contributed by atoms with E-state index in [1.807, 2.05) is 48.5 Å². The van der Waals surface area contributed by atoms with E-state index < -0.39 is 0 Å². The first-order valence-electron chi connectivity index (χ1n) is 5.28. The van der Waals surface area contributed by atoms with Crippen LogP contribution in [0.1, 0.15) is 0 Å². The van der Waals surface area contributed by atoms with Gasteiger partial charge >= 0.3 is 0 Å². The summed E-state index contributed by atoms with van der Waals surface area (Å²) in [7, 11) is 0. The highest BCUT2D eigenvalue weighted by atomic mass is 35.5. The second-order valence-electron chi connectivity index (χ2n) is 3.76. The standard InChI is InChI=1S/C13H10ClN3/c14-13-11-7-6-10(8-12(11)16-17-13)15-9-4-2-1-3-5-9/h1-8,15H,(H,16,17). The Labute approximate surface area is 103 Å². The van der Waals surface area contributed by atoms with Crippen LogP contribution in [0.15, 0.2) is 48.5 Å². The molecule has 3 aromatic rings. The number of halogens is 1. The van der Waals surface area contributed by atoms with Crippen LogP contribution in [0.4, 0.5) is 11.4 Å². The average Bonchev–Trinajstić information content (AvgIpc) is 2.72. The minimum Gasteiger partial charge on any atom is -0.355 e. The van der Waals surface area contributed by atoms with Crippen molar-refractivity contribution in [3.63, 3.8) is 0 Å². The van der Waals surface area contributed by atoms with Crippen LogP contribution in [-0.2, 0) is 0 Å². The third-order valence-electron chi connectivity index (χ3n) is 2.57. The predicted octanol–water partition coefficient (Wildman–Crippen LogP) is 3.96. The lowest BCUT2D eigenvalue weighted by Gasteiger charge is -2.05. The molecule has 0 radical (unpaired) electrons. The van der Waals surface area contributed by atoms with Gasteiger partial charge in [-0.1, -0.05) is 29.8 Å². The number of nitrogens with one attached hydrogen (secondary N) is 2. The number of aromatic amines is 1. The van der Waals surface area contributed by atoms with Gasteiger partial charge in [0.25, 0.3) is 0 Å². The zero-order chi connectivity index (χ0) is 11.7. The van der Waals surface area contributed by atoms with E-state index in [9.17, 15) is 0 Å². The molecule has 84 valence electrons. The SMILES string of the molecule is Clc1[nH]nc2cc(Nc3ccccc3)ccc12. The van der Waals surface area contributed by atoms with Gasteiger partial charge in [0.2, 0.25) is 0 Å². The highest BCUT2D eigenvalue weighted by Gasteiger charge is 2.03. The largest absolute Gasteiger partial charge is 0.355 e. The van der Waals surface area contributed by atoms with Crippen LogP contribution in [0.5, 0.6) is 0 Å². The number of hydrogen-bond donors (Lipinski definition) is 2. The zero-order valence-electron chi connectivity index (χ0n) is 8.94. The molecule has 4 heteroatoms. The number of H-pyrrole nitrogens is 1. The van der Waals surface area contributed by atoms with Gasteiger partial charge in [-0.05, 0) is 30.3 Å². The highest BCUT2D eigenvalue weighted by molar-refractivity contribution is 6.34. The monoisotopic (exact) mass is 243 g/mol. The van der Waals surface area contributed by atoms with Crippen molar-refractivity contribution in [3.05, 3.63) is 53.7 Å². The van der Waals surface area contributed by atoms with Crippen molar-refractivity contribution in [2.45, 2.75) is 0 Å². The molecule has 1 heterocycles. The van der Waals surface area contributed by atoms with E-state index in [-0.39, 0.29) is 0 Å². The maximum absolute atomic E-state index is 5.95. The number of fused-ring (bicyclic) bond motifs is 1. The molecule has 0 aliphatic rings. The van der Waals surface area contributed by atoms with Crippen LogP contribution in [-0.4, -0.2) is 10.2 Å². The van der Waals surface area contributed by atoms with E-state index in [0.717, 1.165) is 22.3 Å². The van der Waals surface area contributed by atoms with Crippen LogP contribution < -0.4 is 5.32 Å². The Balaban J connectivity index is 1.96. The smallest absolute Gasteiger partial charge is 0.132 e. The molecule has 0 unspecified atom stereocenters. The molecule has 3 nitrogen and oxygen atoms in total. The van der Waals surface area contributed by atoms with Crippen LogP contribution in [0, 0.1) is 0 Å². The van der Waals surface area contributed by atoms with E-state index in [1.165, 1.54) is 0 Å². The summed E-state index contributed by atoms with van der Waals surface area (Å²) in [6.45, 7) is 0. The summed E-state index contributed by atoms with van der Waals surface area (Å²) in [5, 5.41) is 11.7. The molecule has 0 spiro atoms. The summed E-state index contributed by atoms with van der Waals surface area (Å²) < 4.78 is 0. The van der Waals surface area contributed by atoms with Crippen LogP contribution >= 0.6 is 11.6 Å². The van der Waals surface area contributed by atoms with Gasteiger partial charge in [0, 0.05) is 16.8 Å². The first-order valence-corrected chi connectivity index (χ1v) is 5.66. The number of anilines is 2. The first kappa shape index (κ1) is 10.2. The minimum atomic E-state index is 0.575. The van der Waals surface area contributed by atoms with Gasteiger partial charge < -0.3 is 5.32 Å². The number of nitrogens with zero attached hydrogens (tertiary/aromatic N) is 1. The molecule has 2 N–H and O–H groups in total. The van der Waals surface area contributed by atoms with Crippen molar-refractivity contribution >= 4 is 33.9 Å². The van der Waals surface area contributed by atoms with Gasteiger partial charge in [-0.2, -0.15) is 5.10 Å². The van der Waals surface area contributed by atoms with E-state index in [1.54, 1.807) is 0 Å². The van der Waals surface area contributed by atoms with E-state index >= 15 is 0 Å². The van der Waals surface area contributed by atoms with Crippen molar-refractivity contribution < 1.29 is 0 Å². The van der Waals surface area contributed by atoms with Gasteiger partial charge in [0.1, 0.15) is 5.15 Å². The first-order chi connectivity index (χ1) is 8.33. The molecule has 0 saturated heterocycles. The van der Waals surface area contributed by atoms with Crippen LogP contribution in [0.3, 0.4) is 0 Å². The van der Waals surface area contributed by atoms with Crippen molar-refractivity contribution in [2.75, 3.05) is 5.32 Å². The Hall–Kier alpha value is -2.00. The quantitative estimate of drug-likeness (QED) is 0.715. The van der Waals surface area contributed by atoms with Crippen LogP contribution in [0.25, 0.3) is 10.9 Å². The Kier molecular flexibility index (Phi) is 2.46. The van der Waals surface area contributed by atoms with Gasteiger partial charge in [0.05, 0.1) is 5.52 Å². The summed E-state index contributed by atoms with van der Waals surface area (Å²) >= 11 is 5.95. The normalized spacial score (nSPS) is 10.6. The number of hydrogen-bond acceptors (Lipinski definition) is 2. The Morgan fingerprint density at radius 3 is 2.65 bits per heavy atom. The maximum atomic E-state index is 5.95. The lowest BCUT2D eigenvalue weighted by molar-refractivity contribution is 1.12. The molecule has 0 atom stereocenters. The second-order valence-corrected chi connectivity index (χ2v) is 4.14. The zero-order valence-corrected chi connectivity index (χ0v) is 9.70. The molecule has 0 aliphatic heterocycles. The maximum Gasteiger partial charge on any atom is 0.132 e. The Morgan fingerprint density at radius 2 is 1.82 bits per heavy atom. The number of benzene rings is 2. The Morgan fingerprint density at radius 1 is 1.00 bits per heavy atom. The van der Waals surface area contributed by atoms with Crippen molar-refractivity contribution in [2.24, 2.45) is 0 Å². The van der Waals surface area contributed by atoms with Crippen LogP contribution in [0.2, 0.25) is 5.15 Å². The predicted molar refractivity (Wildman–Crippen MR) is 70.8 cm³/mol. The van der Waals surface area contributed by atoms with Crippen molar-refractivity contribution in [1.82, 2.24) is 10.2 Å². The molecule has 0 fully saturated rings. The summed E-state index contributed by atoms with van der Waals surface area (Å²) in [6, 6.07) is 15.9. The second kappa shape index (κ2) is 4.11. The molecule has 1 aromatic heterocycles. The number of aromatic nitrogens is 2. The van der Waals surface area contributed by atoms with Gasteiger partial charge in [-0.3, -0.25) is 5.10 Å². The molecule has 0 aliphatic carbocycles. The molecule has 0 amide bonds. The molecular weight excluding hydrogens is 234 g/mol. The molecule has 0 saturated carbocycles. The van der Waals surface area contributed by atoms with Crippen molar-refractivity contribution in [1.29, 1.82) is 0 Å². The molecule has 17 heavy (non-hydrogen) atoms. The summed E-state index contributed by atoms with van der Waals surface area (Å²) in [6.07, 6.45) is 0. The van der Waals surface area contributed by atoms with E-state index in [4.69, 9.17) is 11.6 Å². The van der Waals surface area contributed by atoms with E-state index in [0.29, 0.717) is 5.15 Å². The fourth-order valence-corrected chi connectivity index (χ4v) is 1.95. The molecular formula is C13H10ClN3. The third kappa shape index (κ3) is 1.97. The lowest BCUT2D eigenvalue weighted by atomic mass is 10.2. The summed E-state index contributed by atoms with van der Waals surface area (Å²) in [5.41, 5.74) is 2.90. The molecule has 2 aromatic carbocycles. The van der Waals surface area contributed by atoms with Crippen molar-refractivity contribution in [3.8, 4) is 0 Å². The van der Waals surface area contributed by atoms with Gasteiger partial charge in [0.15, 0.2) is 0 Å². The number of para-hydroxylation sites is 1. The third-order valence-corrected chi connectivity index (χ3v) is 2.86. The highest BCUT2D eigenvalue weighted by Crippen LogP contribution is 2.25. The van der Waals surface area contributed by atoms with Gasteiger partial charge in [-0.15, -0.1) is 0 Å². The fraction of sp³-hybridized carbons (Fsp3) is 0. The summed E-state index contributed by atoms with van der Waals surface area (Å²) in [5.74, 6) is 0. The van der Waals surface area contributed by atoms with E-state index in [2.05, 4.69) is 15.5 Å². The fourth-order valence-electron chi connectivity index (χ4n) is 1.75. The molecule has 0 bridgehead atoms. The summed E-state index contributed by atoms with van der Waals surface area (Å²) in [4.78, 5) is 0. The molecule has 3 rings (SSSR count). The minimum absolute atomic E-state index is 0.575. The topological polar surface area (TPSA) is 40.7 Å². The average molecular weight is 244 g/mol. The van der Waals surface area contributed by atoms with Gasteiger partial charge in [-0.25, -0.2) is 0 Å². The lowest BCUT2D eigenvalue weighted by Crippen LogP contribution is -1.88.